The van der Waals surface area contributed by atoms with Gasteiger partial charge in [-0.25, -0.2) is 0 Å². The Hall–Kier alpha value is -1.15. The van der Waals surface area contributed by atoms with Gasteiger partial charge in [0.1, 0.15) is 5.75 Å². The minimum atomic E-state index is -4.67. The summed E-state index contributed by atoms with van der Waals surface area (Å²) in [6, 6.07) is 5.61. The van der Waals surface area contributed by atoms with Crippen molar-refractivity contribution >= 4 is 10.4 Å². The van der Waals surface area contributed by atoms with Crippen LogP contribution in [0, 0.1) is 0 Å². The van der Waals surface area contributed by atoms with Crippen molar-refractivity contribution < 1.29 is 27.7 Å². The van der Waals surface area contributed by atoms with Crippen LogP contribution < -0.4 is 0 Å². The quantitative estimate of drug-likeness (QED) is 0.374. The first kappa shape index (κ1) is 22.9. The molecule has 0 heterocycles. The van der Waals surface area contributed by atoms with Crippen LogP contribution in [-0.4, -0.2) is 34.3 Å². The maximum Gasteiger partial charge on any atom is 0.394 e. The van der Waals surface area contributed by atoms with E-state index in [-0.39, 0.29) is 6.61 Å². The van der Waals surface area contributed by atoms with Gasteiger partial charge >= 0.3 is 10.4 Å². The molecule has 0 radical (unpaired) electrons. The second-order valence-electron chi connectivity index (χ2n) is 5.71. The summed E-state index contributed by atoms with van der Waals surface area (Å²) >= 11 is 0. The van der Waals surface area contributed by atoms with Gasteiger partial charge in [0.15, 0.2) is 0 Å². The van der Waals surface area contributed by atoms with Gasteiger partial charge in [0.25, 0.3) is 0 Å². The van der Waals surface area contributed by atoms with E-state index in [9.17, 15) is 5.11 Å². The number of aromatic hydroxyl groups is 1. The number of hydrogen-bond acceptors (Lipinski definition) is 4. The lowest BCUT2D eigenvalue weighted by atomic mass is 9.97. The maximum atomic E-state index is 9.91. The first-order chi connectivity index (χ1) is 11.3. The molecule has 0 unspecified atom stereocenters. The zero-order valence-electron chi connectivity index (χ0n) is 14.3. The summed E-state index contributed by atoms with van der Waals surface area (Å²) in [6.07, 6.45) is 10.5. The SMILES string of the molecule is CCCCCCCCCc1c(O)cccc1CCO.O=S(=O)(O)O. The van der Waals surface area contributed by atoms with E-state index < -0.39 is 10.4 Å². The smallest absolute Gasteiger partial charge is 0.394 e. The highest BCUT2D eigenvalue weighted by Crippen LogP contribution is 2.24. The Kier molecular flexibility index (Phi) is 12.5. The van der Waals surface area contributed by atoms with Gasteiger partial charge in [-0.3, -0.25) is 9.11 Å². The second-order valence-corrected chi connectivity index (χ2v) is 6.60. The molecule has 0 aromatic heterocycles. The van der Waals surface area contributed by atoms with Crippen LogP contribution in [0.3, 0.4) is 0 Å². The van der Waals surface area contributed by atoms with Gasteiger partial charge in [-0.15, -0.1) is 0 Å². The summed E-state index contributed by atoms with van der Waals surface area (Å²) in [5.41, 5.74) is 2.12. The summed E-state index contributed by atoms with van der Waals surface area (Å²) in [7, 11) is -4.67. The average molecular weight is 362 g/mol. The molecule has 0 bridgehead atoms. The Labute approximate surface area is 145 Å². The molecule has 0 spiro atoms. The zero-order chi connectivity index (χ0) is 18.4. The number of phenols is 1. The first-order valence-corrected chi connectivity index (χ1v) is 9.79. The van der Waals surface area contributed by atoms with Crippen molar-refractivity contribution in [2.75, 3.05) is 6.61 Å². The van der Waals surface area contributed by atoms with Crippen LogP contribution in [0.15, 0.2) is 18.2 Å². The van der Waals surface area contributed by atoms with Crippen LogP contribution in [0.4, 0.5) is 0 Å². The number of rotatable bonds is 10. The van der Waals surface area contributed by atoms with Crippen molar-refractivity contribution in [3.8, 4) is 5.75 Å². The van der Waals surface area contributed by atoms with Crippen LogP contribution in [0.1, 0.15) is 63.0 Å². The van der Waals surface area contributed by atoms with E-state index in [1.807, 2.05) is 12.1 Å². The van der Waals surface area contributed by atoms with E-state index in [1.54, 1.807) is 6.07 Å². The van der Waals surface area contributed by atoms with Crippen LogP contribution >= 0.6 is 0 Å². The molecule has 0 saturated heterocycles. The number of unbranched alkanes of at least 4 members (excludes halogenated alkanes) is 6. The second kappa shape index (κ2) is 13.2. The average Bonchev–Trinajstić information content (AvgIpc) is 2.47. The summed E-state index contributed by atoms with van der Waals surface area (Å²) < 4.78 is 31.6. The fourth-order valence-electron chi connectivity index (χ4n) is 2.52. The predicted octanol–water partition coefficient (Wildman–Crippen LogP) is 3.57. The van der Waals surface area contributed by atoms with Crippen LogP contribution in [0.25, 0.3) is 0 Å². The van der Waals surface area contributed by atoms with Gasteiger partial charge in [-0.05, 0) is 36.5 Å². The Morgan fingerprint density at radius 1 is 0.917 bits per heavy atom. The number of aliphatic hydroxyl groups excluding tert-OH is 1. The van der Waals surface area contributed by atoms with Gasteiger partial charge in [0.05, 0.1) is 0 Å². The molecule has 0 saturated carbocycles. The van der Waals surface area contributed by atoms with Gasteiger partial charge < -0.3 is 10.2 Å². The highest BCUT2D eigenvalue weighted by atomic mass is 32.3. The molecular weight excluding hydrogens is 332 g/mol. The number of hydrogen-bond donors (Lipinski definition) is 4. The van der Waals surface area contributed by atoms with E-state index in [4.69, 9.17) is 22.6 Å². The monoisotopic (exact) mass is 362 g/mol. The fraction of sp³-hybridized carbons (Fsp3) is 0.647. The van der Waals surface area contributed by atoms with Crippen molar-refractivity contribution in [2.24, 2.45) is 0 Å². The molecular formula is C17H30O6S. The number of benzene rings is 1. The third kappa shape index (κ3) is 13.3. The highest BCUT2D eigenvalue weighted by molar-refractivity contribution is 7.79. The molecule has 0 aliphatic rings. The van der Waals surface area contributed by atoms with E-state index >= 15 is 0 Å². The molecule has 0 atom stereocenters. The number of phenolic OH excluding ortho intramolecular Hbond substituents is 1. The van der Waals surface area contributed by atoms with Gasteiger partial charge in [0, 0.05) is 6.61 Å². The van der Waals surface area contributed by atoms with Crippen LogP contribution in [0.5, 0.6) is 5.75 Å². The third-order valence-electron chi connectivity index (χ3n) is 3.66. The molecule has 24 heavy (non-hydrogen) atoms. The topological polar surface area (TPSA) is 115 Å². The fourth-order valence-corrected chi connectivity index (χ4v) is 2.52. The maximum absolute atomic E-state index is 9.91. The Morgan fingerprint density at radius 3 is 2.00 bits per heavy atom. The predicted molar refractivity (Wildman–Crippen MR) is 94.8 cm³/mol. The molecule has 0 aliphatic heterocycles. The van der Waals surface area contributed by atoms with Gasteiger partial charge in [-0.2, -0.15) is 8.42 Å². The zero-order valence-corrected chi connectivity index (χ0v) is 15.1. The molecule has 1 aromatic rings. The molecule has 0 amide bonds. The summed E-state index contributed by atoms with van der Waals surface area (Å²) in [4.78, 5) is 0. The molecule has 1 aromatic carbocycles. The highest BCUT2D eigenvalue weighted by Gasteiger charge is 2.06. The Bertz CT molecular complexity index is 534. The van der Waals surface area contributed by atoms with E-state index in [2.05, 4.69) is 6.92 Å². The lowest BCUT2D eigenvalue weighted by Gasteiger charge is -2.10. The van der Waals surface area contributed by atoms with E-state index in [0.717, 1.165) is 24.0 Å². The third-order valence-corrected chi connectivity index (χ3v) is 3.66. The lowest BCUT2D eigenvalue weighted by molar-refractivity contribution is 0.299. The minimum Gasteiger partial charge on any atom is -0.508 e. The number of aliphatic hydroxyl groups is 1. The van der Waals surface area contributed by atoms with Gasteiger partial charge in [-0.1, -0.05) is 57.6 Å². The largest absolute Gasteiger partial charge is 0.508 e. The molecule has 7 heteroatoms. The molecule has 4 N–H and O–H groups in total. The summed E-state index contributed by atoms with van der Waals surface area (Å²) in [5.74, 6) is 0.386. The van der Waals surface area contributed by atoms with E-state index in [1.165, 1.54) is 38.5 Å². The molecule has 0 aliphatic carbocycles. The summed E-state index contributed by atoms with van der Waals surface area (Å²) in [5, 5.41) is 19.0. The van der Waals surface area contributed by atoms with Gasteiger partial charge in [0.2, 0.25) is 0 Å². The normalized spacial score (nSPS) is 11.0. The van der Waals surface area contributed by atoms with Crippen molar-refractivity contribution in [1.29, 1.82) is 0 Å². The Morgan fingerprint density at radius 2 is 1.46 bits per heavy atom. The summed E-state index contributed by atoms with van der Waals surface area (Å²) in [6.45, 7) is 2.38. The molecule has 1 rings (SSSR count). The minimum absolute atomic E-state index is 0.146. The first-order valence-electron chi connectivity index (χ1n) is 8.40. The molecule has 6 nitrogen and oxygen atoms in total. The van der Waals surface area contributed by atoms with Crippen LogP contribution in [0.2, 0.25) is 0 Å². The lowest BCUT2D eigenvalue weighted by Crippen LogP contribution is -1.98. The van der Waals surface area contributed by atoms with E-state index in [0.29, 0.717) is 12.2 Å². The standard InChI is InChI=1S/C17H28O2.H2O4S/c1-2-3-4-5-6-7-8-11-16-15(13-14-18)10-9-12-17(16)19;1-5(2,3)4/h9-10,12,18-19H,2-8,11,13-14H2,1H3;(H2,1,2,3,4). The van der Waals surface area contributed by atoms with Crippen molar-refractivity contribution in [3.05, 3.63) is 29.3 Å². The Balaban J connectivity index is 0.000000922. The molecule has 0 fully saturated rings. The van der Waals surface area contributed by atoms with Crippen molar-refractivity contribution in [1.82, 2.24) is 0 Å². The van der Waals surface area contributed by atoms with Crippen LogP contribution in [-0.2, 0) is 23.2 Å². The molecule has 140 valence electrons. The van der Waals surface area contributed by atoms with Crippen molar-refractivity contribution in [3.63, 3.8) is 0 Å². The van der Waals surface area contributed by atoms with Crippen molar-refractivity contribution in [2.45, 2.75) is 64.7 Å².